The van der Waals surface area contributed by atoms with E-state index in [1.807, 2.05) is 48.5 Å². The Morgan fingerprint density at radius 2 is 1.95 bits per heavy atom. The average Bonchev–Trinajstić information content (AvgIpc) is 2.97. The van der Waals surface area contributed by atoms with E-state index in [0.29, 0.717) is 18.8 Å². The number of fused-ring (bicyclic) bond motifs is 1. The summed E-state index contributed by atoms with van der Waals surface area (Å²) in [5.74, 6) is 1.51. The topological polar surface area (TPSA) is 35.5 Å². The third-order valence-electron chi connectivity index (χ3n) is 3.63. The maximum absolute atomic E-state index is 12.6. The normalized spacial score (nSPS) is 16.1. The van der Waals surface area contributed by atoms with Crippen molar-refractivity contribution in [3.63, 3.8) is 0 Å². The zero-order valence-corrected chi connectivity index (χ0v) is 12.0. The molecule has 3 rings (SSSR count). The molecule has 0 saturated carbocycles. The fourth-order valence-electron chi connectivity index (χ4n) is 2.52. The van der Waals surface area contributed by atoms with E-state index in [1.54, 1.807) is 0 Å². The fourth-order valence-corrected chi connectivity index (χ4v) is 2.52. The number of hydrogen-bond donors (Lipinski definition) is 0. The lowest BCUT2D eigenvalue weighted by Crippen LogP contribution is -2.14. The number of carbonyl (C=O) groups is 1. The third kappa shape index (κ3) is 2.77. The summed E-state index contributed by atoms with van der Waals surface area (Å²) in [6.45, 7) is 3.18. The zero-order valence-electron chi connectivity index (χ0n) is 12.0. The van der Waals surface area contributed by atoms with Gasteiger partial charge in [-0.25, -0.2) is 0 Å². The summed E-state index contributed by atoms with van der Waals surface area (Å²) in [6, 6.07) is 15.1. The van der Waals surface area contributed by atoms with Gasteiger partial charge < -0.3 is 9.47 Å². The van der Waals surface area contributed by atoms with Gasteiger partial charge in [0.25, 0.3) is 0 Å². The number of ketones is 1. The average molecular weight is 282 g/mol. The van der Waals surface area contributed by atoms with Crippen LogP contribution in [-0.4, -0.2) is 19.0 Å². The first-order chi connectivity index (χ1) is 10.3. The van der Waals surface area contributed by atoms with E-state index >= 15 is 0 Å². The first-order valence-electron chi connectivity index (χ1n) is 7.28. The Labute approximate surface area is 124 Å². The molecule has 0 spiro atoms. The molecule has 21 heavy (non-hydrogen) atoms. The van der Waals surface area contributed by atoms with Crippen LogP contribution in [0.1, 0.15) is 35.2 Å². The Hall–Kier alpha value is -2.29. The highest BCUT2D eigenvalue weighted by Gasteiger charge is 2.30. The van der Waals surface area contributed by atoms with Crippen LogP contribution in [0.4, 0.5) is 0 Å². The predicted molar refractivity (Wildman–Crippen MR) is 81.2 cm³/mol. The maximum Gasteiger partial charge on any atom is 0.173 e. The van der Waals surface area contributed by atoms with Gasteiger partial charge in [-0.1, -0.05) is 25.1 Å². The third-order valence-corrected chi connectivity index (χ3v) is 3.63. The van der Waals surface area contributed by atoms with Gasteiger partial charge in [0, 0.05) is 11.1 Å². The van der Waals surface area contributed by atoms with Crippen molar-refractivity contribution in [2.24, 2.45) is 0 Å². The van der Waals surface area contributed by atoms with Crippen molar-refractivity contribution in [1.29, 1.82) is 0 Å². The van der Waals surface area contributed by atoms with Crippen LogP contribution in [-0.2, 0) is 0 Å². The van der Waals surface area contributed by atoms with Crippen LogP contribution in [0.3, 0.4) is 0 Å². The van der Waals surface area contributed by atoms with Gasteiger partial charge in [0.2, 0.25) is 0 Å². The molecule has 0 amide bonds. The van der Waals surface area contributed by atoms with Gasteiger partial charge in [0.05, 0.1) is 12.5 Å². The molecule has 1 heterocycles. The number of rotatable bonds is 5. The minimum Gasteiger partial charge on any atom is -0.494 e. The van der Waals surface area contributed by atoms with Crippen LogP contribution < -0.4 is 9.47 Å². The van der Waals surface area contributed by atoms with Gasteiger partial charge >= 0.3 is 0 Å². The van der Waals surface area contributed by atoms with Crippen molar-refractivity contribution < 1.29 is 14.3 Å². The van der Waals surface area contributed by atoms with Crippen molar-refractivity contribution >= 4 is 5.78 Å². The summed E-state index contributed by atoms with van der Waals surface area (Å²) in [6.07, 6.45) is 0.969. The molecular formula is C18H18O3. The molecule has 0 N–H and O–H groups in total. The Bertz CT molecular complexity index is 631. The van der Waals surface area contributed by atoms with Crippen LogP contribution >= 0.6 is 0 Å². The standard InChI is InChI=1S/C18H18O3/c1-2-11-20-14-9-7-13(8-10-14)18(19)16-12-21-17-6-4-3-5-15(16)17/h3-10,16H,2,11-12H2,1H3. The monoisotopic (exact) mass is 282 g/mol. The van der Waals surface area contributed by atoms with Gasteiger partial charge in [-0.05, 0) is 36.8 Å². The van der Waals surface area contributed by atoms with E-state index in [4.69, 9.17) is 9.47 Å². The van der Waals surface area contributed by atoms with Gasteiger partial charge in [0.15, 0.2) is 5.78 Å². The number of ether oxygens (including phenoxy) is 2. The molecule has 0 bridgehead atoms. The van der Waals surface area contributed by atoms with Crippen LogP contribution in [0.5, 0.6) is 11.5 Å². The molecule has 0 aromatic heterocycles. The quantitative estimate of drug-likeness (QED) is 0.782. The highest BCUT2D eigenvalue weighted by molar-refractivity contribution is 6.02. The van der Waals surface area contributed by atoms with Crippen molar-refractivity contribution in [1.82, 2.24) is 0 Å². The summed E-state index contributed by atoms with van der Waals surface area (Å²) in [7, 11) is 0. The molecule has 108 valence electrons. The van der Waals surface area contributed by atoms with E-state index in [1.165, 1.54) is 0 Å². The van der Waals surface area contributed by atoms with Crippen LogP contribution in [0, 0.1) is 0 Å². The van der Waals surface area contributed by atoms with E-state index in [0.717, 1.165) is 23.5 Å². The minimum absolute atomic E-state index is 0.0991. The van der Waals surface area contributed by atoms with Gasteiger partial charge in [-0.2, -0.15) is 0 Å². The lowest BCUT2D eigenvalue weighted by atomic mass is 9.92. The molecule has 1 aliphatic heterocycles. The summed E-state index contributed by atoms with van der Waals surface area (Å²) in [4.78, 5) is 12.6. The number of Topliss-reactive ketones (excluding diaryl/α,β-unsaturated/α-hetero) is 1. The van der Waals surface area contributed by atoms with Gasteiger partial charge in [-0.3, -0.25) is 4.79 Å². The van der Waals surface area contributed by atoms with E-state index in [2.05, 4.69) is 6.92 Å². The molecule has 1 unspecified atom stereocenters. The minimum atomic E-state index is -0.205. The second-order valence-corrected chi connectivity index (χ2v) is 5.14. The second-order valence-electron chi connectivity index (χ2n) is 5.14. The lowest BCUT2D eigenvalue weighted by molar-refractivity contribution is 0.0947. The van der Waals surface area contributed by atoms with Gasteiger partial charge in [-0.15, -0.1) is 0 Å². The Balaban J connectivity index is 1.77. The molecule has 3 heteroatoms. The largest absolute Gasteiger partial charge is 0.494 e. The van der Waals surface area contributed by atoms with Crippen LogP contribution in [0.15, 0.2) is 48.5 Å². The number of para-hydroxylation sites is 1. The van der Waals surface area contributed by atoms with Crippen molar-refractivity contribution in [2.45, 2.75) is 19.3 Å². The highest BCUT2D eigenvalue weighted by Crippen LogP contribution is 2.35. The van der Waals surface area contributed by atoms with E-state index in [9.17, 15) is 4.79 Å². The molecule has 3 nitrogen and oxygen atoms in total. The number of benzene rings is 2. The van der Waals surface area contributed by atoms with Crippen LogP contribution in [0.25, 0.3) is 0 Å². The number of hydrogen-bond acceptors (Lipinski definition) is 3. The Morgan fingerprint density at radius 3 is 2.71 bits per heavy atom. The Morgan fingerprint density at radius 1 is 1.19 bits per heavy atom. The summed E-state index contributed by atoms with van der Waals surface area (Å²) >= 11 is 0. The highest BCUT2D eigenvalue weighted by atomic mass is 16.5. The molecule has 0 saturated heterocycles. The molecule has 2 aromatic carbocycles. The summed E-state index contributed by atoms with van der Waals surface area (Å²) in [5, 5.41) is 0. The van der Waals surface area contributed by atoms with Crippen molar-refractivity contribution in [2.75, 3.05) is 13.2 Å². The summed E-state index contributed by atoms with van der Waals surface area (Å²) in [5.41, 5.74) is 1.68. The second kappa shape index (κ2) is 6.00. The van der Waals surface area contributed by atoms with E-state index in [-0.39, 0.29) is 11.7 Å². The smallest absolute Gasteiger partial charge is 0.173 e. The maximum atomic E-state index is 12.6. The molecule has 0 aliphatic carbocycles. The Kier molecular flexibility index (Phi) is 3.91. The molecule has 1 atom stereocenters. The summed E-state index contributed by atoms with van der Waals surface area (Å²) < 4.78 is 11.1. The SMILES string of the molecule is CCCOc1ccc(C(=O)C2COc3ccccc32)cc1. The molecule has 0 radical (unpaired) electrons. The molecule has 0 fully saturated rings. The molecule has 1 aliphatic rings. The van der Waals surface area contributed by atoms with Crippen molar-refractivity contribution in [3.05, 3.63) is 59.7 Å². The molecule has 2 aromatic rings. The van der Waals surface area contributed by atoms with E-state index < -0.39 is 0 Å². The zero-order chi connectivity index (χ0) is 14.7. The van der Waals surface area contributed by atoms with Crippen LogP contribution in [0.2, 0.25) is 0 Å². The van der Waals surface area contributed by atoms with Crippen molar-refractivity contribution in [3.8, 4) is 11.5 Å². The fraction of sp³-hybridized carbons (Fsp3) is 0.278. The molecular weight excluding hydrogens is 264 g/mol. The van der Waals surface area contributed by atoms with Gasteiger partial charge in [0.1, 0.15) is 18.1 Å². The first-order valence-corrected chi connectivity index (χ1v) is 7.28. The lowest BCUT2D eigenvalue weighted by Gasteiger charge is -2.09. The predicted octanol–water partition coefficient (Wildman–Crippen LogP) is 3.83. The number of carbonyl (C=O) groups excluding carboxylic acids is 1. The first kappa shape index (κ1) is 13.7.